The van der Waals surface area contributed by atoms with Crippen LogP contribution in [0.2, 0.25) is 5.15 Å². The first kappa shape index (κ1) is 13.0. The van der Waals surface area contributed by atoms with Crippen LogP contribution in [0.1, 0.15) is 17.4 Å². The third kappa shape index (κ3) is 2.24. The molecule has 6 nitrogen and oxygen atoms in total. The molecule has 0 saturated carbocycles. The van der Waals surface area contributed by atoms with E-state index in [1.807, 2.05) is 0 Å². The van der Waals surface area contributed by atoms with Gasteiger partial charge in [0.1, 0.15) is 10.8 Å². The average Bonchev–Trinajstić information content (AvgIpc) is 2.67. The molecule has 1 N–H and O–H groups in total. The maximum Gasteiger partial charge on any atom is 0.356 e. The normalized spacial score (nSPS) is 12.6. The van der Waals surface area contributed by atoms with Gasteiger partial charge in [-0.15, -0.1) is 0 Å². The molecule has 18 heavy (non-hydrogen) atoms. The second-order valence-corrected chi connectivity index (χ2v) is 4.53. The number of aromatic nitrogens is 2. The highest BCUT2D eigenvalue weighted by Crippen LogP contribution is 2.21. The molecule has 2 rings (SSSR count). The summed E-state index contributed by atoms with van der Waals surface area (Å²) < 4.78 is 26.3. The van der Waals surface area contributed by atoms with E-state index >= 15 is 0 Å². The maximum absolute atomic E-state index is 11.7. The van der Waals surface area contributed by atoms with Gasteiger partial charge in [-0.25, -0.2) is 18.0 Å². The zero-order valence-corrected chi connectivity index (χ0v) is 10.9. The predicted molar refractivity (Wildman–Crippen MR) is 66.9 cm³/mol. The summed E-state index contributed by atoms with van der Waals surface area (Å²) in [5.74, 6) is -0.686. The summed E-state index contributed by atoms with van der Waals surface area (Å²) in [6.07, 6.45) is 0. The Hall–Kier alpha value is -1.44. The quantitative estimate of drug-likeness (QED) is 0.529. The Balaban J connectivity index is 2.68. The van der Waals surface area contributed by atoms with Gasteiger partial charge in [0.2, 0.25) is 0 Å². The molecule has 96 valence electrons. The van der Waals surface area contributed by atoms with Crippen LogP contribution in [0.3, 0.4) is 0 Å². The van der Waals surface area contributed by atoms with Crippen molar-refractivity contribution in [3.63, 3.8) is 0 Å². The van der Waals surface area contributed by atoms with E-state index < -0.39 is 17.2 Å². The van der Waals surface area contributed by atoms with Crippen LogP contribution in [0.4, 0.5) is 0 Å². The Morgan fingerprint density at radius 3 is 2.94 bits per heavy atom. The minimum absolute atomic E-state index is 0.0394. The van der Waals surface area contributed by atoms with Gasteiger partial charge in [-0.1, -0.05) is 11.6 Å². The standard InChI is InChI=1S/C10H9ClN2O4S/c1-2-17-10(14)8-5-6-7(13(8)18(15)16)3-4-9(11)12-6/h3-5H,2H2,1H3,(H,15,16). The molecule has 0 aliphatic heterocycles. The third-order valence-corrected chi connectivity index (χ3v) is 3.14. The molecular weight excluding hydrogens is 280 g/mol. The summed E-state index contributed by atoms with van der Waals surface area (Å²) in [5.41, 5.74) is 0.652. The summed E-state index contributed by atoms with van der Waals surface area (Å²) in [4.78, 5) is 15.6. The smallest absolute Gasteiger partial charge is 0.356 e. The molecule has 0 radical (unpaired) electrons. The van der Waals surface area contributed by atoms with Crippen molar-refractivity contribution in [2.75, 3.05) is 6.61 Å². The van der Waals surface area contributed by atoms with Crippen molar-refractivity contribution in [3.05, 3.63) is 29.0 Å². The summed E-state index contributed by atoms with van der Waals surface area (Å²) >= 11 is 3.34. The van der Waals surface area contributed by atoms with Crippen molar-refractivity contribution in [3.8, 4) is 0 Å². The highest BCUT2D eigenvalue weighted by atomic mass is 35.5. The summed E-state index contributed by atoms with van der Waals surface area (Å²) in [6.45, 7) is 1.82. The Labute approximate surface area is 110 Å². The minimum Gasteiger partial charge on any atom is -0.461 e. The molecule has 0 saturated heterocycles. The molecule has 2 aromatic heterocycles. The van der Waals surface area contributed by atoms with Crippen LogP contribution in [0, 0.1) is 0 Å². The van der Waals surface area contributed by atoms with Gasteiger partial charge in [0, 0.05) is 0 Å². The average molecular weight is 289 g/mol. The van der Waals surface area contributed by atoms with E-state index in [1.54, 1.807) is 6.92 Å². The van der Waals surface area contributed by atoms with Crippen molar-refractivity contribution in [1.29, 1.82) is 0 Å². The summed E-state index contributed by atoms with van der Waals surface area (Å²) in [6, 6.07) is 4.36. The molecule has 0 amide bonds. The number of carbonyl (C=O) groups is 1. The van der Waals surface area contributed by atoms with Crippen LogP contribution < -0.4 is 0 Å². The Morgan fingerprint density at radius 1 is 1.61 bits per heavy atom. The Bertz CT molecular complexity index is 640. The lowest BCUT2D eigenvalue weighted by atomic mass is 10.4. The number of esters is 1. The highest BCUT2D eigenvalue weighted by molar-refractivity contribution is 7.77. The number of rotatable bonds is 3. The largest absolute Gasteiger partial charge is 0.461 e. The third-order valence-electron chi connectivity index (χ3n) is 2.22. The van der Waals surface area contributed by atoms with Crippen molar-refractivity contribution in [2.24, 2.45) is 0 Å². The summed E-state index contributed by atoms with van der Waals surface area (Å²) in [5, 5.41) is 0.235. The molecule has 2 aromatic rings. The van der Waals surface area contributed by atoms with E-state index in [0.29, 0.717) is 11.0 Å². The first-order valence-corrected chi connectivity index (χ1v) is 6.45. The molecule has 1 atom stereocenters. The topological polar surface area (TPSA) is 81.4 Å². The molecule has 0 aliphatic carbocycles. The van der Waals surface area contributed by atoms with Gasteiger partial charge in [-0.3, -0.25) is 4.55 Å². The van der Waals surface area contributed by atoms with Gasteiger partial charge in [0.25, 0.3) is 11.3 Å². The van der Waals surface area contributed by atoms with E-state index in [4.69, 9.17) is 16.3 Å². The molecule has 8 heteroatoms. The van der Waals surface area contributed by atoms with Crippen LogP contribution in [-0.4, -0.2) is 30.3 Å². The zero-order valence-electron chi connectivity index (χ0n) is 9.29. The molecule has 0 aromatic carbocycles. The van der Waals surface area contributed by atoms with Crippen molar-refractivity contribution in [2.45, 2.75) is 6.92 Å². The fraction of sp³-hybridized carbons (Fsp3) is 0.200. The van der Waals surface area contributed by atoms with E-state index in [0.717, 1.165) is 3.97 Å². The zero-order chi connectivity index (χ0) is 13.3. The molecule has 2 heterocycles. The first-order chi connectivity index (χ1) is 8.54. The van der Waals surface area contributed by atoms with Gasteiger partial charge in [0.05, 0.1) is 17.6 Å². The Morgan fingerprint density at radius 2 is 2.33 bits per heavy atom. The van der Waals surface area contributed by atoms with Gasteiger partial charge in [0.15, 0.2) is 0 Å². The number of carbonyl (C=O) groups excluding carboxylic acids is 1. The van der Waals surface area contributed by atoms with Crippen molar-refractivity contribution < 1.29 is 18.3 Å². The SMILES string of the molecule is CCOC(=O)c1cc2nc(Cl)ccc2n1S(=O)O. The lowest BCUT2D eigenvalue weighted by Crippen LogP contribution is -2.14. The number of fused-ring (bicyclic) bond motifs is 1. The van der Waals surface area contributed by atoms with E-state index in [-0.39, 0.29) is 17.5 Å². The van der Waals surface area contributed by atoms with E-state index in [9.17, 15) is 13.6 Å². The van der Waals surface area contributed by atoms with Crippen LogP contribution >= 0.6 is 11.6 Å². The van der Waals surface area contributed by atoms with Crippen LogP contribution in [0.15, 0.2) is 18.2 Å². The second-order valence-electron chi connectivity index (χ2n) is 3.31. The van der Waals surface area contributed by atoms with E-state index in [2.05, 4.69) is 4.98 Å². The molecule has 1 unspecified atom stereocenters. The predicted octanol–water partition coefficient (Wildman–Crippen LogP) is 1.85. The number of pyridine rings is 1. The molecule has 0 bridgehead atoms. The van der Waals surface area contributed by atoms with Crippen LogP contribution in [0.5, 0.6) is 0 Å². The van der Waals surface area contributed by atoms with Gasteiger partial charge in [-0.05, 0) is 25.1 Å². The van der Waals surface area contributed by atoms with E-state index in [1.165, 1.54) is 18.2 Å². The molecule has 0 aliphatic rings. The van der Waals surface area contributed by atoms with Crippen molar-refractivity contribution in [1.82, 2.24) is 8.96 Å². The van der Waals surface area contributed by atoms with Crippen molar-refractivity contribution >= 4 is 39.9 Å². The fourth-order valence-electron chi connectivity index (χ4n) is 1.55. The second kappa shape index (κ2) is 5.05. The number of hydrogen-bond donors (Lipinski definition) is 1. The fourth-order valence-corrected chi connectivity index (χ4v) is 2.33. The minimum atomic E-state index is -2.38. The first-order valence-electron chi connectivity index (χ1n) is 5.01. The van der Waals surface area contributed by atoms with Crippen LogP contribution in [-0.2, 0) is 16.0 Å². The van der Waals surface area contributed by atoms with Gasteiger partial charge < -0.3 is 4.74 Å². The number of nitrogens with zero attached hydrogens (tertiary/aromatic N) is 2. The lowest BCUT2D eigenvalue weighted by molar-refractivity contribution is 0.0518. The number of ether oxygens (including phenoxy) is 1. The monoisotopic (exact) mass is 288 g/mol. The van der Waals surface area contributed by atoms with Gasteiger partial charge >= 0.3 is 5.97 Å². The number of halogens is 1. The lowest BCUT2D eigenvalue weighted by Gasteiger charge is -2.04. The van der Waals surface area contributed by atoms with Crippen LogP contribution in [0.25, 0.3) is 11.0 Å². The molecule has 0 fully saturated rings. The molecular formula is C10H9ClN2O4S. The molecule has 0 spiro atoms. The Kier molecular flexibility index (Phi) is 3.65. The summed E-state index contributed by atoms with van der Waals surface area (Å²) in [7, 11) is 0. The number of hydrogen-bond acceptors (Lipinski definition) is 4. The highest BCUT2D eigenvalue weighted by Gasteiger charge is 2.20. The van der Waals surface area contributed by atoms with Gasteiger partial charge in [-0.2, -0.15) is 0 Å². The maximum atomic E-state index is 11.7.